The summed E-state index contributed by atoms with van der Waals surface area (Å²) in [6, 6.07) is 0. The molecule has 29 heavy (non-hydrogen) atoms. The van der Waals surface area contributed by atoms with Gasteiger partial charge in [0.2, 0.25) is 5.60 Å². The molecule has 0 bridgehead atoms. The molecule has 0 saturated heterocycles. The number of carbonyl (C=O) groups is 6. The van der Waals surface area contributed by atoms with Crippen molar-refractivity contribution in [1.29, 1.82) is 0 Å². The number of aliphatic hydroxyl groups is 1. The molecule has 0 aromatic heterocycles. The van der Waals surface area contributed by atoms with Gasteiger partial charge in [-0.05, 0) is 0 Å². The maximum atomic E-state index is 11.7. The van der Waals surface area contributed by atoms with Crippen molar-refractivity contribution in [2.24, 2.45) is 0 Å². The molecule has 0 spiro atoms. The van der Waals surface area contributed by atoms with Crippen molar-refractivity contribution in [1.82, 2.24) is 0 Å². The molecule has 0 rings (SSSR count). The van der Waals surface area contributed by atoms with Crippen molar-refractivity contribution in [3.8, 4) is 0 Å². The first-order chi connectivity index (χ1) is 11.2. The van der Waals surface area contributed by atoms with E-state index in [1.54, 1.807) is 0 Å². The van der Waals surface area contributed by atoms with Gasteiger partial charge in [-0.1, -0.05) is 0 Å². The van der Waals surface area contributed by atoms with E-state index < -0.39 is 72.7 Å². The largest absolute Gasteiger partial charge is 1.00 e. The minimum atomic E-state index is -3.17. The van der Waals surface area contributed by atoms with Gasteiger partial charge in [-0.3, -0.25) is 19.2 Å². The topological polar surface area (TPSA) is 233 Å². The molecule has 0 saturated carbocycles. The molecule has 148 valence electrons. The molecule has 0 aliphatic heterocycles. The molecule has 0 radical (unpaired) electrons. The van der Waals surface area contributed by atoms with E-state index in [0.29, 0.717) is 0 Å². The second-order valence-corrected chi connectivity index (χ2v) is 5.00. The standard InChI is InChI=1S/C12H14O13.4K.4H/c13-5(14)1-11(24,9(20)21)4-8(19)25-12(10(22)23,2-6(15)16)3-7(17)18;;;;;;;;/h24H,1-4H2,(H,13,14)(H,15,16)(H,17,18)(H,20,21)(H,22,23);;;;;;;;/q;4*+1;4*-1. The van der Waals surface area contributed by atoms with Crippen molar-refractivity contribution < 1.29 is 275 Å². The molecular weight excluding hydrogens is 509 g/mol. The van der Waals surface area contributed by atoms with E-state index >= 15 is 0 Å². The third kappa shape index (κ3) is 16.6. The quantitative estimate of drug-likeness (QED) is 0.108. The summed E-state index contributed by atoms with van der Waals surface area (Å²) in [5.74, 6) is -11.6. The number of esters is 1. The molecular formula is C12H18K4O13. The molecule has 6 N–H and O–H groups in total. The summed E-state index contributed by atoms with van der Waals surface area (Å²) in [5, 5.41) is 53.5. The van der Waals surface area contributed by atoms with Gasteiger partial charge in [-0.2, -0.15) is 0 Å². The summed E-state index contributed by atoms with van der Waals surface area (Å²) in [4.78, 5) is 66.0. The zero-order chi connectivity index (χ0) is 20.0. The second kappa shape index (κ2) is 19.6. The second-order valence-electron chi connectivity index (χ2n) is 5.00. The van der Waals surface area contributed by atoms with Crippen LogP contribution in [0.1, 0.15) is 31.4 Å². The first-order valence-corrected chi connectivity index (χ1v) is 6.30. The van der Waals surface area contributed by atoms with Crippen molar-refractivity contribution in [2.45, 2.75) is 36.9 Å². The van der Waals surface area contributed by atoms with Gasteiger partial charge in [-0.25, -0.2) is 9.59 Å². The molecule has 0 aliphatic carbocycles. The molecule has 1 unspecified atom stereocenters. The van der Waals surface area contributed by atoms with Gasteiger partial charge in [0, 0.05) is 0 Å². The maximum absolute atomic E-state index is 11.7. The minimum Gasteiger partial charge on any atom is -1.00 e. The first kappa shape index (κ1) is 42.5. The van der Waals surface area contributed by atoms with Gasteiger partial charge >= 0.3 is 241 Å². The Labute approximate surface area is 339 Å². The smallest absolute Gasteiger partial charge is 1.00 e. The van der Waals surface area contributed by atoms with Gasteiger partial charge in [0.1, 0.15) is 0 Å². The van der Waals surface area contributed by atoms with E-state index in [1.807, 2.05) is 0 Å². The predicted octanol–water partition coefficient (Wildman–Crippen LogP) is -13.6. The third-order valence-electron chi connectivity index (χ3n) is 2.85. The number of ether oxygens (including phenoxy) is 1. The van der Waals surface area contributed by atoms with E-state index in [0.717, 1.165) is 0 Å². The van der Waals surface area contributed by atoms with Crippen LogP contribution in [-0.4, -0.2) is 77.7 Å². The fourth-order valence-electron chi connectivity index (χ4n) is 1.77. The number of carbonyl (C=O) groups excluding carboxylic acids is 1. The third-order valence-corrected chi connectivity index (χ3v) is 2.85. The molecule has 0 aromatic rings. The van der Waals surface area contributed by atoms with Crippen LogP contribution in [0.15, 0.2) is 0 Å². The minimum absolute atomic E-state index is 0. The molecule has 17 heteroatoms. The van der Waals surface area contributed by atoms with Crippen molar-refractivity contribution in [3.63, 3.8) is 0 Å². The Morgan fingerprint density at radius 3 is 1.21 bits per heavy atom. The van der Waals surface area contributed by atoms with Crippen LogP contribution < -0.4 is 206 Å². The van der Waals surface area contributed by atoms with E-state index in [1.165, 1.54) is 0 Å². The average Bonchev–Trinajstić information content (AvgIpc) is 2.34. The normalized spacial score (nSPS) is 11.5. The van der Waals surface area contributed by atoms with Crippen molar-refractivity contribution in [2.75, 3.05) is 0 Å². The summed E-state index contributed by atoms with van der Waals surface area (Å²) in [6.45, 7) is 0. The average molecular weight is 527 g/mol. The molecule has 1 atom stereocenters. The van der Waals surface area contributed by atoms with Gasteiger partial charge in [0.15, 0.2) is 5.60 Å². The molecule has 0 fully saturated rings. The maximum Gasteiger partial charge on any atom is 1.00 e. The van der Waals surface area contributed by atoms with Crippen molar-refractivity contribution >= 4 is 35.8 Å². The van der Waals surface area contributed by atoms with Crippen LogP contribution in [0.2, 0.25) is 0 Å². The SMILES string of the molecule is O=C(O)CC(O)(CC(=O)OC(CC(=O)O)(CC(=O)O)C(=O)O)C(=O)O.[H-].[H-].[H-].[H-].[K+].[K+].[K+].[K+]. The monoisotopic (exact) mass is 526 g/mol. The molecule has 0 aliphatic rings. The fraction of sp³-hybridized carbons (Fsp3) is 0.500. The number of aliphatic carboxylic acids is 5. The first-order valence-electron chi connectivity index (χ1n) is 6.30. The Kier molecular flexibility index (Phi) is 28.7. The fourth-order valence-corrected chi connectivity index (χ4v) is 1.77. The Hall–Kier alpha value is 3.33. The molecule has 0 heterocycles. The van der Waals surface area contributed by atoms with Gasteiger partial charge in [-0.15, -0.1) is 0 Å². The number of carboxylic acids is 5. The summed E-state index contributed by atoms with van der Waals surface area (Å²) in [5.41, 5.74) is -6.24. The summed E-state index contributed by atoms with van der Waals surface area (Å²) < 4.78 is 4.33. The molecule has 13 nitrogen and oxygen atoms in total. The number of hydrogen-bond acceptors (Lipinski definition) is 8. The van der Waals surface area contributed by atoms with Crippen molar-refractivity contribution in [3.05, 3.63) is 0 Å². The summed E-state index contributed by atoms with van der Waals surface area (Å²) in [6.07, 6.45) is -5.94. The molecule has 0 aromatic carbocycles. The van der Waals surface area contributed by atoms with E-state index in [4.69, 9.17) is 25.5 Å². The van der Waals surface area contributed by atoms with Crippen LogP contribution in [0.25, 0.3) is 0 Å². The zero-order valence-electron chi connectivity index (χ0n) is 20.4. The Morgan fingerprint density at radius 2 is 0.966 bits per heavy atom. The Morgan fingerprint density at radius 1 is 0.621 bits per heavy atom. The van der Waals surface area contributed by atoms with Gasteiger partial charge in [0.25, 0.3) is 0 Å². The predicted molar refractivity (Wildman–Crippen MR) is 74.9 cm³/mol. The van der Waals surface area contributed by atoms with Crippen LogP contribution in [0.3, 0.4) is 0 Å². The Bertz CT molecular complexity index is 624. The van der Waals surface area contributed by atoms with E-state index in [9.17, 15) is 33.9 Å². The Balaban J connectivity index is -0.000000103. The summed E-state index contributed by atoms with van der Waals surface area (Å²) in [7, 11) is 0. The van der Waals surface area contributed by atoms with Crippen LogP contribution >= 0.6 is 0 Å². The van der Waals surface area contributed by atoms with Crippen LogP contribution in [-0.2, 0) is 33.5 Å². The van der Waals surface area contributed by atoms with Gasteiger partial charge < -0.3 is 41.1 Å². The van der Waals surface area contributed by atoms with Crippen LogP contribution in [0.5, 0.6) is 0 Å². The number of rotatable bonds is 11. The van der Waals surface area contributed by atoms with Crippen LogP contribution in [0.4, 0.5) is 0 Å². The summed E-state index contributed by atoms with van der Waals surface area (Å²) >= 11 is 0. The zero-order valence-corrected chi connectivity index (χ0v) is 28.9. The molecule has 0 amide bonds. The number of hydrogen-bond donors (Lipinski definition) is 6. The van der Waals surface area contributed by atoms with Crippen LogP contribution in [0, 0.1) is 0 Å². The van der Waals surface area contributed by atoms with E-state index in [-0.39, 0.29) is 211 Å². The van der Waals surface area contributed by atoms with Gasteiger partial charge in [0.05, 0.1) is 25.7 Å². The number of carboxylic acid groups (broad SMARTS) is 5. The van der Waals surface area contributed by atoms with E-state index in [2.05, 4.69) is 4.74 Å².